The van der Waals surface area contributed by atoms with Gasteiger partial charge in [-0.05, 0) is 56.6 Å². The molecule has 1 aliphatic carbocycles. The molecule has 0 saturated carbocycles. The molecule has 4 rings (SSSR count). The Bertz CT molecular complexity index is 1320. The number of ketones is 2. The SMILES string of the molecule is CC[C@H]1/C=C/C[C@H](CC(C)C)OC(=O)/C(C)=C\[C@@H]2C(=O)NC3=CC(=O)c4c(cc(C)c(O)c4C(=O)CC1)[C@@]32O. The summed E-state index contributed by atoms with van der Waals surface area (Å²) in [4.78, 5) is 53.0. The van der Waals surface area contributed by atoms with Crippen molar-refractivity contribution in [1.82, 2.24) is 5.32 Å². The van der Waals surface area contributed by atoms with Crippen molar-refractivity contribution in [2.24, 2.45) is 17.8 Å². The minimum atomic E-state index is -2.03. The fraction of sp³-hybridized carbons (Fsp3) is 0.484. The van der Waals surface area contributed by atoms with E-state index in [0.29, 0.717) is 24.8 Å². The van der Waals surface area contributed by atoms with Gasteiger partial charge < -0.3 is 20.3 Å². The zero-order valence-electron chi connectivity index (χ0n) is 23.2. The molecule has 2 aliphatic heterocycles. The highest BCUT2D eigenvalue weighted by molar-refractivity contribution is 6.17. The highest BCUT2D eigenvalue weighted by atomic mass is 16.5. The quantitative estimate of drug-likeness (QED) is 0.382. The number of hydrogen-bond donors (Lipinski definition) is 3. The third-order valence-electron chi connectivity index (χ3n) is 7.92. The van der Waals surface area contributed by atoms with Gasteiger partial charge in [-0.15, -0.1) is 0 Å². The Morgan fingerprint density at radius 2 is 1.87 bits per heavy atom. The minimum absolute atomic E-state index is 0.0262. The fourth-order valence-electron chi connectivity index (χ4n) is 5.74. The highest BCUT2D eigenvalue weighted by Gasteiger charge is 2.55. The zero-order chi connectivity index (χ0) is 28.6. The van der Waals surface area contributed by atoms with Crippen LogP contribution in [0.15, 0.2) is 41.6 Å². The number of cyclic esters (lactones) is 1. The summed E-state index contributed by atoms with van der Waals surface area (Å²) in [6, 6.07) is 1.44. The van der Waals surface area contributed by atoms with E-state index in [2.05, 4.69) is 5.32 Å². The van der Waals surface area contributed by atoms with Gasteiger partial charge in [0.15, 0.2) is 11.6 Å². The van der Waals surface area contributed by atoms with Crippen LogP contribution in [0.4, 0.5) is 0 Å². The van der Waals surface area contributed by atoms with Crippen molar-refractivity contribution >= 4 is 23.4 Å². The molecular weight excluding hydrogens is 498 g/mol. The number of amides is 1. The normalized spacial score (nSPS) is 29.8. The third kappa shape index (κ3) is 5.22. The van der Waals surface area contributed by atoms with E-state index in [1.165, 1.54) is 19.1 Å². The highest BCUT2D eigenvalue weighted by Crippen LogP contribution is 2.49. The van der Waals surface area contributed by atoms with Crippen LogP contribution in [0.3, 0.4) is 0 Å². The van der Waals surface area contributed by atoms with Crippen LogP contribution in [0.2, 0.25) is 0 Å². The molecule has 3 N–H and O–H groups in total. The smallest absolute Gasteiger partial charge is 0.333 e. The van der Waals surface area contributed by atoms with Crippen LogP contribution in [-0.4, -0.2) is 39.8 Å². The molecule has 8 heteroatoms. The van der Waals surface area contributed by atoms with Gasteiger partial charge in [-0.3, -0.25) is 14.4 Å². The first-order valence-corrected chi connectivity index (χ1v) is 13.6. The molecule has 0 spiro atoms. The maximum absolute atomic E-state index is 13.5. The van der Waals surface area contributed by atoms with Crippen molar-refractivity contribution in [1.29, 1.82) is 0 Å². The Morgan fingerprint density at radius 3 is 2.54 bits per heavy atom. The Labute approximate surface area is 228 Å². The van der Waals surface area contributed by atoms with E-state index in [4.69, 9.17) is 4.74 Å². The molecule has 208 valence electrons. The predicted molar refractivity (Wildman–Crippen MR) is 145 cm³/mol. The summed E-state index contributed by atoms with van der Waals surface area (Å²) in [5.74, 6) is -3.42. The van der Waals surface area contributed by atoms with E-state index in [-0.39, 0.29) is 58.1 Å². The summed E-state index contributed by atoms with van der Waals surface area (Å²) in [5.41, 5.74) is -1.83. The molecule has 0 aromatic heterocycles. The maximum Gasteiger partial charge on any atom is 0.333 e. The molecule has 1 aromatic rings. The van der Waals surface area contributed by atoms with Gasteiger partial charge in [-0.1, -0.05) is 39.0 Å². The zero-order valence-corrected chi connectivity index (χ0v) is 23.2. The summed E-state index contributed by atoms with van der Waals surface area (Å²) >= 11 is 0. The van der Waals surface area contributed by atoms with Gasteiger partial charge in [0, 0.05) is 35.6 Å². The average Bonchev–Trinajstić information content (AvgIpc) is 3.10. The molecule has 39 heavy (non-hydrogen) atoms. The Balaban J connectivity index is 1.91. The Kier molecular flexibility index (Phi) is 7.98. The molecule has 1 aromatic carbocycles. The number of allylic oxidation sites excluding steroid dienone is 2. The number of rotatable bonds is 3. The first-order chi connectivity index (χ1) is 18.4. The average molecular weight is 536 g/mol. The van der Waals surface area contributed by atoms with Gasteiger partial charge in [0.25, 0.3) is 0 Å². The number of aliphatic hydroxyl groups is 1. The number of carbonyl (C=O) groups is 4. The number of hydrogen-bond acceptors (Lipinski definition) is 7. The summed E-state index contributed by atoms with van der Waals surface area (Å²) in [7, 11) is 0. The molecule has 0 radical (unpaired) electrons. The van der Waals surface area contributed by atoms with Crippen molar-refractivity contribution in [3.8, 4) is 5.75 Å². The lowest BCUT2D eigenvalue weighted by atomic mass is 9.72. The first-order valence-electron chi connectivity index (χ1n) is 13.6. The molecule has 3 aliphatic rings. The lowest BCUT2D eigenvalue weighted by Crippen LogP contribution is -2.39. The van der Waals surface area contributed by atoms with Gasteiger partial charge >= 0.3 is 5.97 Å². The second kappa shape index (κ2) is 10.9. The summed E-state index contributed by atoms with van der Waals surface area (Å²) in [5, 5.41) is 25.6. The molecule has 1 amide bonds. The molecule has 4 bridgehead atoms. The number of esters is 1. The number of aromatic hydroxyl groups is 1. The largest absolute Gasteiger partial charge is 0.507 e. The molecule has 0 unspecified atom stereocenters. The third-order valence-corrected chi connectivity index (χ3v) is 7.92. The van der Waals surface area contributed by atoms with E-state index in [1.807, 2.05) is 32.9 Å². The van der Waals surface area contributed by atoms with Crippen molar-refractivity contribution in [3.05, 3.63) is 63.9 Å². The van der Waals surface area contributed by atoms with E-state index < -0.39 is 35.0 Å². The summed E-state index contributed by atoms with van der Waals surface area (Å²) < 4.78 is 5.83. The molecular formula is C31H37NO7. The van der Waals surface area contributed by atoms with Crippen LogP contribution in [0.25, 0.3) is 0 Å². The number of carbonyl (C=O) groups excluding carboxylic acids is 4. The fourth-order valence-corrected chi connectivity index (χ4v) is 5.74. The number of ether oxygens (including phenoxy) is 1. The number of phenols is 1. The summed E-state index contributed by atoms with van der Waals surface area (Å²) in [6.45, 7) is 9.20. The van der Waals surface area contributed by atoms with E-state index in [0.717, 1.165) is 12.5 Å². The first kappa shape index (κ1) is 28.5. The van der Waals surface area contributed by atoms with Gasteiger partial charge in [-0.25, -0.2) is 4.79 Å². The van der Waals surface area contributed by atoms with Crippen LogP contribution < -0.4 is 5.32 Å². The van der Waals surface area contributed by atoms with Gasteiger partial charge in [0.1, 0.15) is 17.5 Å². The Hall–Kier alpha value is -3.52. The molecule has 1 saturated heterocycles. The van der Waals surface area contributed by atoms with Crippen LogP contribution >= 0.6 is 0 Å². The van der Waals surface area contributed by atoms with Crippen LogP contribution in [0, 0.1) is 24.7 Å². The minimum Gasteiger partial charge on any atom is -0.507 e. The number of Topliss-reactive ketones (excluding diaryl/α,β-unsaturated/α-hetero) is 1. The van der Waals surface area contributed by atoms with Crippen molar-refractivity contribution in [2.75, 3.05) is 0 Å². The van der Waals surface area contributed by atoms with E-state index in [9.17, 15) is 29.4 Å². The molecule has 8 nitrogen and oxygen atoms in total. The van der Waals surface area contributed by atoms with Crippen molar-refractivity contribution in [2.45, 2.75) is 78.4 Å². The lowest BCUT2D eigenvalue weighted by Gasteiger charge is -2.34. The van der Waals surface area contributed by atoms with E-state index in [1.54, 1.807) is 6.92 Å². The number of aryl methyl sites for hydroxylation is 1. The molecule has 1 fully saturated rings. The van der Waals surface area contributed by atoms with Gasteiger partial charge in [0.05, 0.1) is 17.2 Å². The van der Waals surface area contributed by atoms with Crippen LogP contribution in [0.5, 0.6) is 5.75 Å². The second-order valence-corrected chi connectivity index (χ2v) is 11.3. The standard InChI is InChI=1S/C31H37NO7/c1-6-19-8-7-9-20(12-16(2)3)39-30(37)18(5)14-22-29(36)32-25-15-24(34)26-21(31(22,25)38)13-17(4)28(35)27(26)23(33)11-10-19/h7-8,13-16,19-20,22,35,38H,6,9-12H2,1-5H3,(H,32,36)/b8-7+,18-14-/t19-,20+,22+,31-/m0/s1. The molecule has 2 heterocycles. The van der Waals surface area contributed by atoms with Gasteiger partial charge in [0.2, 0.25) is 5.91 Å². The lowest BCUT2D eigenvalue weighted by molar-refractivity contribution is -0.144. The predicted octanol–water partition coefficient (Wildman–Crippen LogP) is 4.57. The monoisotopic (exact) mass is 535 g/mol. The van der Waals surface area contributed by atoms with Crippen molar-refractivity contribution in [3.63, 3.8) is 0 Å². The second-order valence-electron chi connectivity index (χ2n) is 11.3. The summed E-state index contributed by atoms with van der Waals surface area (Å²) in [6.07, 6.45) is 8.57. The topological polar surface area (TPSA) is 130 Å². The van der Waals surface area contributed by atoms with Crippen LogP contribution in [0.1, 0.15) is 91.6 Å². The van der Waals surface area contributed by atoms with Crippen molar-refractivity contribution < 1.29 is 34.1 Å². The van der Waals surface area contributed by atoms with Crippen LogP contribution in [-0.2, 0) is 19.9 Å². The maximum atomic E-state index is 13.5. The number of nitrogens with one attached hydrogen (secondary N) is 1. The van der Waals surface area contributed by atoms with E-state index >= 15 is 0 Å². The van der Waals surface area contributed by atoms with Gasteiger partial charge in [-0.2, -0.15) is 0 Å². The Morgan fingerprint density at radius 1 is 1.15 bits per heavy atom. The molecule has 4 atom stereocenters. The number of phenolic OH excluding ortho intramolecular Hbond substituents is 1. The number of benzene rings is 1.